The Labute approximate surface area is 169 Å². The molecule has 28 heavy (non-hydrogen) atoms. The molecule has 0 aromatic heterocycles. The molecule has 0 saturated heterocycles. The quantitative estimate of drug-likeness (QED) is 0.495. The van der Waals surface area contributed by atoms with Crippen molar-refractivity contribution in [1.82, 2.24) is 9.62 Å². The van der Waals surface area contributed by atoms with Gasteiger partial charge in [0.05, 0.1) is 5.69 Å². The lowest BCUT2D eigenvalue weighted by Gasteiger charge is -2.26. The standard InChI is InChI=1S/C19H24FN3O3S2/c1-15-4-10-18(11-5-15)27-13-12-21-19(24)14-23(28(25,26)22(2)3)17-8-6-16(20)7-9-17/h4-11H,12-14H2,1-3H3,(H,21,24). The Hall–Kier alpha value is -2.10. The number of nitrogens with one attached hydrogen (secondary N) is 1. The van der Waals surface area contributed by atoms with Gasteiger partial charge in [-0.05, 0) is 43.3 Å². The lowest BCUT2D eigenvalue weighted by atomic mass is 10.2. The lowest BCUT2D eigenvalue weighted by molar-refractivity contribution is -0.119. The van der Waals surface area contributed by atoms with E-state index < -0.39 is 21.9 Å². The molecule has 1 amide bonds. The van der Waals surface area contributed by atoms with Crippen LogP contribution in [0.1, 0.15) is 5.56 Å². The average molecular weight is 426 g/mol. The zero-order valence-electron chi connectivity index (χ0n) is 16.1. The molecule has 152 valence electrons. The molecule has 0 bridgehead atoms. The second-order valence-corrected chi connectivity index (χ2v) is 9.52. The van der Waals surface area contributed by atoms with Crippen molar-refractivity contribution in [3.05, 3.63) is 59.9 Å². The molecule has 1 N–H and O–H groups in total. The first-order chi connectivity index (χ1) is 13.2. The van der Waals surface area contributed by atoms with Gasteiger partial charge in [0.15, 0.2) is 0 Å². The topological polar surface area (TPSA) is 69.7 Å². The number of amides is 1. The molecule has 0 atom stereocenters. The smallest absolute Gasteiger partial charge is 0.304 e. The minimum atomic E-state index is -3.90. The molecule has 0 fully saturated rings. The van der Waals surface area contributed by atoms with Gasteiger partial charge in [0.1, 0.15) is 12.4 Å². The molecule has 0 unspecified atom stereocenters. The maximum absolute atomic E-state index is 13.2. The van der Waals surface area contributed by atoms with E-state index in [1.54, 1.807) is 11.8 Å². The van der Waals surface area contributed by atoms with Crippen LogP contribution in [0.5, 0.6) is 0 Å². The first-order valence-corrected chi connectivity index (χ1v) is 11.0. The summed E-state index contributed by atoms with van der Waals surface area (Å²) < 4.78 is 40.3. The summed E-state index contributed by atoms with van der Waals surface area (Å²) in [6.45, 7) is 2.03. The van der Waals surface area contributed by atoms with Crippen LogP contribution in [0.25, 0.3) is 0 Å². The SMILES string of the molecule is Cc1ccc(SCCNC(=O)CN(c2ccc(F)cc2)S(=O)(=O)N(C)C)cc1. The first-order valence-electron chi connectivity index (χ1n) is 8.62. The summed E-state index contributed by atoms with van der Waals surface area (Å²) in [7, 11) is -1.15. The normalized spacial score (nSPS) is 11.5. The fraction of sp³-hybridized carbons (Fsp3) is 0.316. The summed E-state index contributed by atoms with van der Waals surface area (Å²) in [6.07, 6.45) is 0. The maximum atomic E-state index is 13.2. The third-order valence-corrected chi connectivity index (χ3v) is 6.69. The molecule has 2 rings (SSSR count). The number of aryl methyl sites for hydroxylation is 1. The zero-order valence-corrected chi connectivity index (χ0v) is 17.7. The molecule has 0 aliphatic rings. The van der Waals surface area contributed by atoms with Gasteiger partial charge in [-0.1, -0.05) is 17.7 Å². The van der Waals surface area contributed by atoms with Gasteiger partial charge in [0.25, 0.3) is 0 Å². The highest BCUT2D eigenvalue weighted by molar-refractivity contribution is 7.99. The van der Waals surface area contributed by atoms with Crippen LogP contribution >= 0.6 is 11.8 Å². The summed E-state index contributed by atoms with van der Waals surface area (Å²) in [5, 5.41) is 2.73. The number of anilines is 1. The molecule has 0 spiro atoms. The molecule has 0 radical (unpaired) electrons. The summed E-state index contributed by atoms with van der Waals surface area (Å²) in [5.41, 5.74) is 1.40. The summed E-state index contributed by atoms with van der Waals surface area (Å²) in [5.74, 6) is -0.256. The van der Waals surface area contributed by atoms with Crippen molar-refractivity contribution >= 4 is 33.6 Å². The largest absolute Gasteiger partial charge is 0.354 e. The van der Waals surface area contributed by atoms with Gasteiger partial charge in [-0.3, -0.25) is 4.79 Å². The van der Waals surface area contributed by atoms with E-state index in [1.165, 1.54) is 31.8 Å². The fourth-order valence-electron chi connectivity index (χ4n) is 2.29. The Kier molecular flexibility index (Phi) is 7.85. The van der Waals surface area contributed by atoms with Crippen LogP contribution in [-0.2, 0) is 15.0 Å². The van der Waals surface area contributed by atoms with Gasteiger partial charge in [0, 0.05) is 31.3 Å². The van der Waals surface area contributed by atoms with Crippen molar-refractivity contribution in [2.75, 3.05) is 37.2 Å². The van der Waals surface area contributed by atoms with Crippen LogP contribution in [0, 0.1) is 12.7 Å². The van der Waals surface area contributed by atoms with E-state index in [-0.39, 0.29) is 12.2 Å². The highest BCUT2D eigenvalue weighted by Crippen LogP contribution is 2.20. The third-order valence-electron chi connectivity index (χ3n) is 3.86. The molecule has 6 nitrogen and oxygen atoms in total. The molecule has 0 aliphatic heterocycles. The number of halogens is 1. The Morgan fingerprint density at radius 1 is 1.07 bits per heavy atom. The zero-order chi connectivity index (χ0) is 20.7. The van der Waals surface area contributed by atoms with E-state index >= 15 is 0 Å². The number of hydrogen-bond acceptors (Lipinski definition) is 4. The summed E-state index contributed by atoms with van der Waals surface area (Å²) in [4.78, 5) is 13.4. The monoisotopic (exact) mass is 425 g/mol. The molecule has 2 aromatic rings. The Morgan fingerprint density at radius 3 is 2.25 bits per heavy atom. The fourth-order valence-corrected chi connectivity index (χ4v) is 4.12. The van der Waals surface area contributed by atoms with E-state index in [9.17, 15) is 17.6 Å². The van der Waals surface area contributed by atoms with Crippen LogP contribution in [0.3, 0.4) is 0 Å². The van der Waals surface area contributed by atoms with Gasteiger partial charge in [-0.25, -0.2) is 8.70 Å². The second kappa shape index (κ2) is 9.90. The van der Waals surface area contributed by atoms with Crippen molar-refractivity contribution in [3.8, 4) is 0 Å². The average Bonchev–Trinajstić information content (AvgIpc) is 2.65. The maximum Gasteiger partial charge on any atom is 0.304 e. The highest BCUT2D eigenvalue weighted by atomic mass is 32.2. The van der Waals surface area contributed by atoms with E-state index in [4.69, 9.17) is 0 Å². The van der Waals surface area contributed by atoms with Crippen LogP contribution in [0.15, 0.2) is 53.4 Å². The van der Waals surface area contributed by atoms with Crippen molar-refractivity contribution in [2.24, 2.45) is 0 Å². The second-order valence-electron chi connectivity index (χ2n) is 6.28. The third kappa shape index (κ3) is 6.22. The molecule has 2 aromatic carbocycles. The number of carbonyl (C=O) groups excluding carboxylic acids is 1. The first kappa shape index (κ1) is 22.2. The van der Waals surface area contributed by atoms with Gasteiger partial charge in [-0.15, -0.1) is 11.8 Å². The number of nitrogens with zero attached hydrogens (tertiary/aromatic N) is 2. The molecule has 0 saturated carbocycles. The van der Waals surface area contributed by atoms with Crippen LogP contribution in [0.4, 0.5) is 10.1 Å². The van der Waals surface area contributed by atoms with E-state index in [0.717, 1.165) is 25.6 Å². The Balaban J connectivity index is 1.96. The number of rotatable bonds is 9. The lowest BCUT2D eigenvalue weighted by Crippen LogP contribution is -2.46. The number of carbonyl (C=O) groups is 1. The van der Waals surface area contributed by atoms with Crippen molar-refractivity contribution in [1.29, 1.82) is 0 Å². The minimum Gasteiger partial charge on any atom is -0.354 e. The Morgan fingerprint density at radius 2 is 1.68 bits per heavy atom. The minimum absolute atomic E-state index is 0.222. The molecular weight excluding hydrogens is 401 g/mol. The summed E-state index contributed by atoms with van der Waals surface area (Å²) >= 11 is 1.60. The van der Waals surface area contributed by atoms with Gasteiger partial charge in [0.2, 0.25) is 5.91 Å². The number of hydrogen-bond donors (Lipinski definition) is 1. The van der Waals surface area contributed by atoms with Crippen LogP contribution in [-0.4, -0.2) is 51.6 Å². The predicted molar refractivity (Wildman–Crippen MR) is 111 cm³/mol. The molecule has 0 heterocycles. The highest BCUT2D eigenvalue weighted by Gasteiger charge is 2.27. The van der Waals surface area contributed by atoms with Crippen LogP contribution in [0.2, 0.25) is 0 Å². The van der Waals surface area contributed by atoms with Crippen molar-refractivity contribution in [3.63, 3.8) is 0 Å². The van der Waals surface area contributed by atoms with E-state index in [1.807, 2.05) is 31.2 Å². The van der Waals surface area contributed by atoms with Crippen LogP contribution < -0.4 is 9.62 Å². The van der Waals surface area contributed by atoms with E-state index in [2.05, 4.69) is 5.32 Å². The number of thioether (sulfide) groups is 1. The van der Waals surface area contributed by atoms with Gasteiger partial charge >= 0.3 is 10.2 Å². The predicted octanol–water partition coefficient (Wildman–Crippen LogP) is 2.66. The number of benzene rings is 2. The molecule has 9 heteroatoms. The molecular formula is C19H24FN3O3S2. The van der Waals surface area contributed by atoms with Gasteiger partial charge < -0.3 is 5.32 Å². The van der Waals surface area contributed by atoms with Gasteiger partial charge in [-0.2, -0.15) is 12.7 Å². The van der Waals surface area contributed by atoms with E-state index in [0.29, 0.717) is 12.3 Å². The van der Waals surface area contributed by atoms with Crippen molar-refractivity contribution in [2.45, 2.75) is 11.8 Å². The van der Waals surface area contributed by atoms with Crippen molar-refractivity contribution < 1.29 is 17.6 Å². The molecule has 0 aliphatic carbocycles. The summed E-state index contributed by atoms with van der Waals surface area (Å²) in [6, 6.07) is 13.0. The Bertz CT molecular complexity index is 886.